The van der Waals surface area contributed by atoms with Crippen LogP contribution in [0.4, 0.5) is 0 Å². The molecule has 1 saturated carbocycles. The zero-order valence-corrected chi connectivity index (χ0v) is 17.9. The summed E-state index contributed by atoms with van der Waals surface area (Å²) in [7, 11) is 3.47. The number of aromatic nitrogens is 1. The molecule has 1 fully saturated rings. The number of guanidine groups is 1. The molecule has 25 heavy (non-hydrogen) atoms. The van der Waals surface area contributed by atoms with E-state index in [-0.39, 0.29) is 36.4 Å². The van der Waals surface area contributed by atoms with Gasteiger partial charge in [0.2, 0.25) is 11.8 Å². The minimum Gasteiger partial charge on any atom is -0.444 e. The highest BCUT2D eigenvalue weighted by Gasteiger charge is 2.16. The Bertz CT molecular complexity index is 560. The number of oxazole rings is 1. The predicted octanol–water partition coefficient (Wildman–Crippen LogP) is 2.37. The number of carbonyl (C=O) groups is 1. The van der Waals surface area contributed by atoms with Crippen molar-refractivity contribution in [2.75, 3.05) is 20.6 Å². The fourth-order valence-electron chi connectivity index (χ4n) is 2.66. The lowest BCUT2D eigenvalue weighted by Crippen LogP contribution is -2.44. The van der Waals surface area contributed by atoms with Gasteiger partial charge in [0.15, 0.2) is 5.96 Å². The van der Waals surface area contributed by atoms with Gasteiger partial charge in [-0.2, -0.15) is 0 Å². The molecular weight excluding hydrogens is 433 g/mol. The number of hydrogen-bond donors (Lipinski definition) is 2. The van der Waals surface area contributed by atoms with Crippen molar-refractivity contribution in [2.45, 2.75) is 58.5 Å². The third-order valence-corrected chi connectivity index (χ3v) is 4.30. The van der Waals surface area contributed by atoms with E-state index >= 15 is 0 Å². The number of aliphatic imine (C=N–C) groups is 1. The Kier molecular flexibility index (Phi) is 9.23. The van der Waals surface area contributed by atoms with E-state index in [1.54, 1.807) is 19.0 Å². The van der Waals surface area contributed by atoms with E-state index in [1.807, 2.05) is 13.8 Å². The maximum atomic E-state index is 11.8. The van der Waals surface area contributed by atoms with Gasteiger partial charge in [-0.25, -0.2) is 9.98 Å². The van der Waals surface area contributed by atoms with E-state index in [4.69, 9.17) is 4.42 Å². The first-order valence-electron chi connectivity index (χ1n) is 8.63. The summed E-state index contributed by atoms with van der Waals surface area (Å²) in [6.45, 7) is 4.40. The lowest BCUT2D eigenvalue weighted by molar-refractivity contribution is -0.127. The Morgan fingerprint density at radius 1 is 1.28 bits per heavy atom. The largest absolute Gasteiger partial charge is 0.444 e. The van der Waals surface area contributed by atoms with E-state index in [1.165, 1.54) is 19.3 Å². The third kappa shape index (κ3) is 7.21. The number of likely N-dealkylation sites (N-methyl/N-ethyl adjacent to an activating group) is 1. The molecule has 0 unspecified atom stereocenters. The molecular formula is C17H30IN5O2. The van der Waals surface area contributed by atoms with Gasteiger partial charge in [0.05, 0.1) is 12.2 Å². The van der Waals surface area contributed by atoms with Crippen molar-refractivity contribution in [3.05, 3.63) is 17.3 Å². The molecule has 0 bridgehead atoms. The second-order valence-corrected chi connectivity index (χ2v) is 6.54. The molecule has 1 aromatic rings. The Balaban J connectivity index is 0.00000312. The minimum absolute atomic E-state index is 0. The topological polar surface area (TPSA) is 82.8 Å². The third-order valence-electron chi connectivity index (χ3n) is 4.30. The molecule has 0 spiro atoms. The molecule has 0 radical (unpaired) electrons. The monoisotopic (exact) mass is 463 g/mol. The molecule has 0 saturated heterocycles. The van der Waals surface area contributed by atoms with Crippen LogP contribution in [-0.2, 0) is 11.3 Å². The van der Waals surface area contributed by atoms with Gasteiger partial charge in [0, 0.05) is 20.1 Å². The van der Waals surface area contributed by atoms with E-state index in [0.717, 1.165) is 24.3 Å². The van der Waals surface area contributed by atoms with Crippen LogP contribution in [0.3, 0.4) is 0 Å². The van der Waals surface area contributed by atoms with E-state index in [0.29, 0.717) is 24.4 Å². The average Bonchev–Trinajstić information content (AvgIpc) is 2.88. The van der Waals surface area contributed by atoms with Gasteiger partial charge in [-0.15, -0.1) is 24.0 Å². The highest BCUT2D eigenvalue weighted by atomic mass is 127. The molecule has 0 atom stereocenters. The lowest BCUT2D eigenvalue weighted by atomic mass is 9.96. The summed E-state index contributed by atoms with van der Waals surface area (Å²) < 4.78 is 5.59. The highest BCUT2D eigenvalue weighted by molar-refractivity contribution is 14.0. The summed E-state index contributed by atoms with van der Waals surface area (Å²) in [4.78, 5) is 22.1. The molecule has 8 heteroatoms. The SMILES string of the molecule is Cc1nc(CNC(=NCC(=O)N(C)C)NC2CCCCC2)oc1C.I. The normalized spacial score (nSPS) is 15.4. The maximum absolute atomic E-state index is 11.8. The van der Waals surface area contributed by atoms with Crippen molar-refractivity contribution in [3.63, 3.8) is 0 Å². The van der Waals surface area contributed by atoms with Gasteiger partial charge in [-0.1, -0.05) is 19.3 Å². The number of aryl methyl sites for hydroxylation is 2. The van der Waals surface area contributed by atoms with E-state index in [9.17, 15) is 4.79 Å². The van der Waals surface area contributed by atoms with Crippen molar-refractivity contribution in [2.24, 2.45) is 4.99 Å². The van der Waals surface area contributed by atoms with Gasteiger partial charge < -0.3 is 20.0 Å². The number of hydrogen-bond acceptors (Lipinski definition) is 4. The summed E-state index contributed by atoms with van der Waals surface area (Å²) in [6, 6.07) is 0.410. The van der Waals surface area contributed by atoms with Gasteiger partial charge in [-0.3, -0.25) is 4.79 Å². The first-order valence-corrected chi connectivity index (χ1v) is 8.63. The van der Waals surface area contributed by atoms with Crippen LogP contribution in [0.15, 0.2) is 9.41 Å². The van der Waals surface area contributed by atoms with Gasteiger partial charge in [0.25, 0.3) is 0 Å². The molecule has 1 aromatic heterocycles. The molecule has 1 aliphatic rings. The molecule has 2 rings (SSSR count). The highest BCUT2D eigenvalue weighted by Crippen LogP contribution is 2.17. The second kappa shape index (κ2) is 10.6. The molecule has 0 aromatic carbocycles. The van der Waals surface area contributed by atoms with Crippen molar-refractivity contribution in [3.8, 4) is 0 Å². The van der Waals surface area contributed by atoms with Crippen molar-refractivity contribution in [1.82, 2.24) is 20.5 Å². The number of amides is 1. The van der Waals surface area contributed by atoms with Crippen LogP contribution in [0.2, 0.25) is 0 Å². The van der Waals surface area contributed by atoms with Crippen LogP contribution in [0.5, 0.6) is 0 Å². The molecule has 1 heterocycles. The van der Waals surface area contributed by atoms with Crippen LogP contribution in [0.25, 0.3) is 0 Å². The zero-order valence-electron chi connectivity index (χ0n) is 15.6. The fourth-order valence-corrected chi connectivity index (χ4v) is 2.66. The Hall–Kier alpha value is -1.32. The van der Waals surface area contributed by atoms with Crippen LogP contribution >= 0.6 is 24.0 Å². The molecule has 142 valence electrons. The van der Waals surface area contributed by atoms with E-state index in [2.05, 4.69) is 20.6 Å². The second-order valence-electron chi connectivity index (χ2n) is 6.54. The smallest absolute Gasteiger partial charge is 0.243 e. The number of nitrogens with zero attached hydrogens (tertiary/aromatic N) is 3. The maximum Gasteiger partial charge on any atom is 0.243 e. The van der Waals surface area contributed by atoms with Crippen molar-refractivity contribution < 1.29 is 9.21 Å². The average molecular weight is 463 g/mol. The van der Waals surface area contributed by atoms with E-state index < -0.39 is 0 Å². The standard InChI is InChI=1S/C17H29N5O2.HI/c1-12-13(2)24-15(20-12)10-18-17(19-11-16(23)22(3)4)21-14-8-6-5-7-9-14;/h14H,5-11H2,1-4H3,(H2,18,19,21);1H. The van der Waals surface area contributed by atoms with Gasteiger partial charge in [0.1, 0.15) is 12.3 Å². The minimum atomic E-state index is -0.0254. The number of carbonyl (C=O) groups excluding carboxylic acids is 1. The fraction of sp³-hybridized carbons (Fsp3) is 0.706. The first-order chi connectivity index (χ1) is 11.5. The number of halogens is 1. The lowest BCUT2D eigenvalue weighted by Gasteiger charge is -2.25. The Labute approximate surface area is 167 Å². The molecule has 0 aliphatic heterocycles. The quantitative estimate of drug-likeness (QED) is 0.398. The molecule has 7 nitrogen and oxygen atoms in total. The molecule has 2 N–H and O–H groups in total. The predicted molar refractivity (Wildman–Crippen MR) is 109 cm³/mol. The van der Waals surface area contributed by atoms with Crippen molar-refractivity contribution in [1.29, 1.82) is 0 Å². The number of rotatable bonds is 5. The first kappa shape index (κ1) is 21.7. The van der Waals surface area contributed by atoms with Crippen LogP contribution in [-0.4, -0.2) is 48.4 Å². The van der Waals surface area contributed by atoms with Crippen LogP contribution in [0.1, 0.15) is 49.4 Å². The zero-order chi connectivity index (χ0) is 17.5. The molecule has 1 aliphatic carbocycles. The summed E-state index contributed by atoms with van der Waals surface area (Å²) in [5, 5.41) is 6.67. The summed E-state index contributed by atoms with van der Waals surface area (Å²) in [5.74, 6) is 2.07. The summed E-state index contributed by atoms with van der Waals surface area (Å²) in [6.07, 6.45) is 6.05. The summed E-state index contributed by atoms with van der Waals surface area (Å²) in [5.41, 5.74) is 0.897. The Morgan fingerprint density at radius 3 is 2.52 bits per heavy atom. The number of nitrogens with one attached hydrogen (secondary N) is 2. The van der Waals surface area contributed by atoms with Gasteiger partial charge in [-0.05, 0) is 26.7 Å². The molecule has 1 amide bonds. The summed E-state index contributed by atoms with van der Waals surface area (Å²) >= 11 is 0. The van der Waals surface area contributed by atoms with Crippen LogP contribution < -0.4 is 10.6 Å². The Morgan fingerprint density at radius 2 is 1.96 bits per heavy atom. The van der Waals surface area contributed by atoms with Crippen LogP contribution in [0, 0.1) is 13.8 Å². The van der Waals surface area contributed by atoms with Gasteiger partial charge >= 0.3 is 0 Å². The van der Waals surface area contributed by atoms with Crippen molar-refractivity contribution >= 4 is 35.8 Å².